The van der Waals surface area contributed by atoms with Gasteiger partial charge in [0.1, 0.15) is 0 Å². The van der Waals surface area contributed by atoms with Crippen LogP contribution in [0.15, 0.2) is 4.47 Å². The minimum Gasteiger partial charge on any atom is -0.336 e. The predicted molar refractivity (Wildman–Crippen MR) is 81.0 cm³/mol. The Morgan fingerprint density at radius 3 is 2.74 bits per heavy atom. The number of carbonyl (C=O) groups excluding carboxylic acids is 1. The maximum absolute atomic E-state index is 12.4. The Morgan fingerprint density at radius 2 is 2.11 bits per heavy atom. The molecule has 0 bridgehead atoms. The lowest BCUT2D eigenvalue weighted by atomic mass is 10.1. The fraction of sp³-hybridized carbons (Fsp3) is 0.667. The van der Waals surface area contributed by atoms with Crippen LogP contribution in [0, 0.1) is 0 Å². The molecule has 19 heavy (non-hydrogen) atoms. The molecule has 0 unspecified atom stereocenters. The minimum absolute atomic E-state index is 0. The van der Waals surface area contributed by atoms with Crippen LogP contribution >= 0.6 is 28.3 Å². The maximum Gasteiger partial charge on any atom is 0.275 e. The van der Waals surface area contributed by atoms with Crippen molar-refractivity contribution in [2.75, 3.05) is 26.2 Å². The monoisotopic (exact) mass is 350 g/mol. The number of aromatic nitrogens is 2. The van der Waals surface area contributed by atoms with E-state index in [-0.39, 0.29) is 18.3 Å². The van der Waals surface area contributed by atoms with Crippen molar-refractivity contribution in [2.24, 2.45) is 0 Å². The summed E-state index contributed by atoms with van der Waals surface area (Å²) in [4.78, 5) is 14.3. The van der Waals surface area contributed by atoms with E-state index >= 15 is 0 Å². The summed E-state index contributed by atoms with van der Waals surface area (Å²) in [7, 11) is 0. The summed E-state index contributed by atoms with van der Waals surface area (Å²) >= 11 is 3.48. The molecular formula is C12H20BrClN4O. The fourth-order valence-corrected chi connectivity index (χ4v) is 2.87. The fourth-order valence-electron chi connectivity index (χ4n) is 2.06. The molecule has 1 aliphatic rings. The van der Waals surface area contributed by atoms with Crippen LogP contribution in [0.1, 0.15) is 42.4 Å². The van der Waals surface area contributed by atoms with Crippen LogP contribution in [0.5, 0.6) is 0 Å². The molecule has 1 aromatic rings. The van der Waals surface area contributed by atoms with Gasteiger partial charge in [0, 0.05) is 19.6 Å². The third-order valence-electron chi connectivity index (χ3n) is 3.14. The Hall–Kier alpha value is -0.590. The first-order valence-corrected chi connectivity index (χ1v) is 7.14. The van der Waals surface area contributed by atoms with Gasteiger partial charge in [0.05, 0.1) is 10.2 Å². The summed E-state index contributed by atoms with van der Waals surface area (Å²) < 4.78 is 0.805. The number of nitrogens with zero attached hydrogens (tertiary/aromatic N) is 2. The molecule has 1 aromatic heterocycles. The van der Waals surface area contributed by atoms with Crippen LogP contribution in [-0.2, 0) is 0 Å². The normalized spacial score (nSPS) is 16.1. The van der Waals surface area contributed by atoms with Crippen molar-refractivity contribution in [3.05, 3.63) is 15.9 Å². The first kappa shape index (κ1) is 16.5. The number of amides is 1. The van der Waals surface area contributed by atoms with Crippen LogP contribution in [0.25, 0.3) is 0 Å². The number of aromatic amines is 1. The number of nitrogens with one attached hydrogen (secondary N) is 2. The first-order valence-electron chi connectivity index (χ1n) is 6.35. The Kier molecular flexibility index (Phi) is 6.29. The molecule has 2 heterocycles. The average molecular weight is 352 g/mol. The number of hydrogen-bond acceptors (Lipinski definition) is 3. The standard InChI is InChI=1S/C12H19BrN4O.ClH/c1-8(2)10-9(13)11(16-15-10)12(18)17-6-3-4-14-5-7-17;/h8,14H,3-7H2,1-2H3,(H,15,16);1H. The van der Waals surface area contributed by atoms with Gasteiger partial charge in [0.2, 0.25) is 0 Å². The molecule has 108 valence electrons. The molecule has 1 fully saturated rings. The number of hydrogen-bond donors (Lipinski definition) is 2. The number of H-pyrrole nitrogens is 1. The van der Waals surface area contributed by atoms with Gasteiger partial charge in [-0.05, 0) is 34.8 Å². The number of carbonyl (C=O) groups is 1. The van der Waals surface area contributed by atoms with E-state index in [4.69, 9.17) is 0 Å². The third kappa shape index (κ3) is 3.70. The molecular weight excluding hydrogens is 332 g/mol. The average Bonchev–Trinajstić information content (AvgIpc) is 2.56. The highest BCUT2D eigenvalue weighted by Crippen LogP contribution is 2.26. The topological polar surface area (TPSA) is 61.0 Å². The molecule has 0 atom stereocenters. The quantitative estimate of drug-likeness (QED) is 0.858. The van der Waals surface area contributed by atoms with Crippen LogP contribution in [0.4, 0.5) is 0 Å². The Balaban J connectivity index is 0.00000180. The van der Waals surface area contributed by atoms with Gasteiger partial charge in [0.25, 0.3) is 5.91 Å². The van der Waals surface area contributed by atoms with Crippen LogP contribution in [-0.4, -0.2) is 47.2 Å². The van der Waals surface area contributed by atoms with Gasteiger partial charge in [-0.2, -0.15) is 5.10 Å². The second-order valence-electron chi connectivity index (χ2n) is 4.85. The second kappa shape index (κ2) is 7.26. The molecule has 1 amide bonds. The molecule has 0 aromatic carbocycles. The van der Waals surface area contributed by atoms with Gasteiger partial charge in [-0.15, -0.1) is 12.4 Å². The molecule has 7 heteroatoms. The summed E-state index contributed by atoms with van der Waals surface area (Å²) in [6.45, 7) is 7.51. The molecule has 2 N–H and O–H groups in total. The lowest BCUT2D eigenvalue weighted by Crippen LogP contribution is -2.34. The van der Waals surface area contributed by atoms with Crippen molar-refractivity contribution < 1.29 is 4.79 Å². The largest absolute Gasteiger partial charge is 0.336 e. The highest BCUT2D eigenvalue weighted by molar-refractivity contribution is 9.10. The molecule has 0 aliphatic carbocycles. The first-order chi connectivity index (χ1) is 8.61. The molecule has 1 saturated heterocycles. The van der Waals surface area contributed by atoms with Crippen molar-refractivity contribution in [3.8, 4) is 0 Å². The van der Waals surface area contributed by atoms with E-state index in [0.29, 0.717) is 11.6 Å². The third-order valence-corrected chi connectivity index (χ3v) is 3.94. The molecule has 0 saturated carbocycles. The predicted octanol–water partition coefficient (Wildman–Crippen LogP) is 2.15. The van der Waals surface area contributed by atoms with Crippen molar-refractivity contribution in [1.82, 2.24) is 20.4 Å². The number of rotatable bonds is 2. The van der Waals surface area contributed by atoms with Crippen LogP contribution in [0.3, 0.4) is 0 Å². The molecule has 0 spiro atoms. The van der Waals surface area contributed by atoms with Crippen molar-refractivity contribution in [3.63, 3.8) is 0 Å². The van der Waals surface area contributed by atoms with Gasteiger partial charge in [-0.3, -0.25) is 9.89 Å². The minimum atomic E-state index is 0. The highest BCUT2D eigenvalue weighted by atomic mass is 79.9. The molecule has 0 radical (unpaired) electrons. The van der Waals surface area contributed by atoms with Gasteiger partial charge in [-0.1, -0.05) is 13.8 Å². The van der Waals surface area contributed by atoms with Crippen molar-refractivity contribution >= 4 is 34.2 Å². The Labute approximate surface area is 128 Å². The summed E-state index contributed by atoms with van der Waals surface area (Å²) in [5, 5.41) is 10.4. The van der Waals surface area contributed by atoms with Crippen molar-refractivity contribution in [2.45, 2.75) is 26.2 Å². The zero-order valence-corrected chi connectivity index (χ0v) is 13.6. The maximum atomic E-state index is 12.4. The zero-order chi connectivity index (χ0) is 13.1. The molecule has 2 rings (SSSR count). The van der Waals surface area contributed by atoms with E-state index in [1.807, 2.05) is 4.90 Å². The summed E-state index contributed by atoms with van der Waals surface area (Å²) in [5.41, 5.74) is 1.48. The van der Waals surface area contributed by atoms with E-state index in [2.05, 4.69) is 45.3 Å². The lowest BCUT2D eigenvalue weighted by Gasteiger charge is -2.18. The van der Waals surface area contributed by atoms with Crippen LogP contribution < -0.4 is 5.32 Å². The van der Waals surface area contributed by atoms with Crippen molar-refractivity contribution in [1.29, 1.82) is 0 Å². The Bertz CT molecular complexity index is 427. The molecule has 1 aliphatic heterocycles. The smallest absolute Gasteiger partial charge is 0.275 e. The van der Waals surface area contributed by atoms with Gasteiger partial charge in [0.15, 0.2) is 5.69 Å². The van der Waals surface area contributed by atoms with E-state index in [0.717, 1.165) is 42.8 Å². The Morgan fingerprint density at radius 1 is 1.37 bits per heavy atom. The summed E-state index contributed by atoms with van der Waals surface area (Å²) in [6, 6.07) is 0. The van der Waals surface area contributed by atoms with Gasteiger partial charge in [-0.25, -0.2) is 0 Å². The highest BCUT2D eigenvalue weighted by Gasteiger charge is 2.24. The molecule has 5 nitrogen and oxygen atoms in total. The zero-order valence-electron chi connectivity index (χ0n) is 11.2. The summed E-state index contributed by atoms with van der Waals surface area (Å²) in [6.07, 6.45) is 0.991. The van der Waals surface area contributed by atoms with Crippen LogP contribution in [0.2, 0.25) is 0 Å². The van der Waals surface area contributed by atoms with E-state index in [9.17, 15) is 4.79 Å². The van der Waals surface area contributed by atoms with E-state index in [1.54, 1.807) is 0 Å². The van der Waals surface area contributed by atoms with Gasteiger partial charge < -0.3 is 10.2 Å². The summed E-state index contributed by atoms with van der Waals surface area (Å²) in [5.74, 6) is 0.327. The SMILES string of the molecule is CC(C)c1[nH]nc(C(=O)N2CCCNCC2)c1Br.Cl. The lowest BCUT2D eigenvalue weighted by molar-refractivity contribution is 0.0759. The van der Waals surface area contributed by atoms with E-state index in [1.165, 1.54) is 0 Å². The second-order valence-corrected chi connectivity index (χ2v) is 5.64. The van der Waals surface area contributed by atoms with Gasteiger partial charge >= 0.3 is 0 Å². The number of halogens is 2. The van der Waals surface area contributed by atoms with E-state index < -0.39 is 0 Å².